The molecule has 0 spiro atoms. The molecule has 1 atom stereocenters. The lowest BCUT2D eigenvalue weighted by atomic mass is 9.66. The van der Waals surface area contributed by atoms with Gasteiger partial charge in [-0.15, -0.1) is 0 Å². The highest BCUT2D eigenvalue weighted by Gasteiger charge is 2.45. The van der Waals surface area contributed by atoms with Gasteiger partial charge >= 0.3 is 5.97 Å². The first kappa shape index (κ1) is 17.0. The average Bonchev–Trinajstić information content (AvgIpc) is 2.42. The SMILES string of the molecule is CC(=O)Nc1cccc(C(C)NC(=O)CC2(C(=O)O)CCC2)c1. The zero-order valence-electron chi connectivity index (χ0n) is 13.4. The van der Waals surface area contributed by atoms with Crippen molar-refractivity contribution in [1.29, 1.82) is 0 Å². The van der Waals surface area contributed by atoms with Gasteiger partial charge in [-0.05, 0) is 37.5 Å². The van der Waals surface area contributed by atoms with Crippen molar-refractivity contribution in [2.75, 3.05) is 5.32 Å². The molecule has 2 amide bonds. The molecule has 1 unspecified atom stereocenters. The molecule has 1 fully saturated rings. The maximum Gasteiger partial charge on any atom is 0.310 e. The highest BCUT2D eigenvalue weighted by atomic mass is 16.4. The minimum absolute atomic E-state index is 0.0120. The molecule has 2 rings (SSSR count). The molecule has 0 aliphatic heterocycles. The number of carboxylic acid groups (broad SMARTS) is 1. The first-order valence-electron chi connectivity index (χ1n) is 7.73. The van der Waals surface area contributed by atoms with Crippen LogP contribution in [0.4, 0.5) is 5.69 Å². The Hall–Kier alpha value is -2.37. The van der Waals surface area contributed by atoms with Crippen molar-refractivity contribution >= 4 is 23.5 Å². The van der Waals surface area contributed by atoms with Crippen molar-refractivity contribution in [2.45, 2.75) is 45.6 Å². The molecule has 1 aromatic rings. The normalized spacial score (nSPS) is 16.8. The third kappa shape index (κ3) is 4.09. The Morgan fingerprint density at radius 1 is 1.30 bits per heavy atom. The number of carbonyl (C=O) groups excluding carboxylic acids is 2. The van der Waals surface area contributed by atoms with Crippen LogP contribution in [-0.2, 0) is 14.4 Å². The van der Waals surface area contributed by atoms with Gasteiger partial charge in [-0.25, -0.2) is 0 Å². The number of aliphatic carboxylic acids is 1. The number of benzene rings is 1. The van der Waals surface area contributed by atoms with E-state index in [0.29, 0.717) is 18.5 Å². The smallest absolute Gasteiger partial charge is 0.310 e. The molecule has 1 aromatic carbocycles. The topological polar surface area (TPSA) is 95.5 Å². The van der Waals surface area contributed by atoms with Crippen LogP contribution < -0.4 is 10.6 Å². The molecule has 124 valence electrons. The summed E-state index contributed by atoms with van der Waals surface area (Å²) in [6.45, 7) is 3.26. The average molecular weight is 318 g/mol. The predicted molar refractivity (Wildman–Crippen MR) is 85.8 cm³/mol. The lowest BCUT2D eigenvalue weighted by Crippen LogP contribution is -2.43. The maximum absolute atomic E-state index is 12.2. The standard InChI is InChI=1S/C17H22N2O4/c1-11(13-5-3-6-14(9-13)19-12(2)20)18-15(21)10-17(16(22)23)7-4-8-17/h3,5-6,9,11H,4,7-8,10H2,1-2H3,(H,18,21)(H,19,20)(H,22,23). The summed E-state index contributed by atoms with van der Waals surface area (Å²) < 4.78 is 0. The molecule has 3 N–H and O–H groups in total. The Balaban J connectivity index is 1.98. The first-order valence-corrected chi connectivity index (χ1v) is 7.73. The second-order valence-electron chi connectivity index (χ2n) is 6.21. The van der Waals surface area contributed by atoms with Crippen LogP contribution in [0.25, 0.3) is 0 Å². The molecule has 6 nitrogen and oxygen atoms in total. The molecule has 0 aromatic heterocycles. The largest absolute Gasteiger partial charge is 0.481 e. The van der Waals surface area contributed by atoms with Crippen LogP contribution >= 0.6 is 0 Å². The van der Waals surface area contributed by atoms with Crippen molar-refractivity contribution in [3.8, 4) is 0 Å². The highest BCUT2D eigenvalue weighted by Crippen LogP contribution is 2.44. The van der Waals surface area contributed by atoms with Gasteiger partial charge in [-0.3, -0.25) is 14.4 Å². The van der Waals surface area contributed by atoms with Gasteiger partial charge in [0.2, 0.25) is 11.8 Å². The fourth-order valence-electron chi connectivity index (χ4n) is 2.84. The lowest BCUT2D eigenvalue weighted by molar-refractivity contribution is -0.157. The summed E-state index contributed by atoms with van der Waals surface area (Å²) in [5.41, 5.74) is 0.627. The Labute approximate surface area is 135 Å². The minimum Gasteiger partial charge on any atom is -0.481 e. The number of amides is 2. The van der Waals surface area contributed by atoms with Crippen molar-refractivity contribution in [3.05, 3.63) is 29.8 Å². The van der Waals surface area contributed by atoms with E-state index in [2.05, 4.69) is 10.6 Å². The molecule has 1 saturated carbocycles. The van der Waals surface area contributed by atoms with Gasteiger partial charge in [0.25, 0.3) is 0 Å². The summed E-state index contributed by atoms with van der Waals surface area (Å²) in [6.07, 6.45) is 1.98. The summed E-state index contributed by atoms with van der Waals surface area (Å²) in [5.74, 6) is -1.31. The van der Waals surface area contributed by atoms with E-state index in [1.807, 2.05) is 13.0 Å². The van der Waals surface area contributed by atoms with E-state index in [0.717, 1.165) is 12.0 Å². The molecule has 0 heterocycles. The van der Waals surface area contributed by atoms with Crippen LogP contribution in [0.3, 0.4) is 0 Å². The lowest BCUT2D eigenvalue weighted by Gasteiger charge is -2.37. The third-order valence-electron chi connectivity index (χ3n) is 4.35. The summed E-state index contributed by atoms with van der Waals surface area (Å²) in [4.78, 5) is 34.6. The van der Waals surface area contributed by atoms with E-state index in [9.17, 15) is 19.5 Å². The number of rotatable bonds is 6. The second-order valence-corrected chi connectivity index (χ2v) is 6.21. The Morgan fingerprint density at radius 2 is 2.00 bits per heavy atom. The second kappa shape index (κ2) is 6.81. The number of hydrogen-bond acceptors (Lipinski definition) is 3. The number of anilines is 1. The number of hydrogen-bond donors (Lipinski definition) is 3. The molecule has 0 radical (unpaired) electrons. The summed E-state index contributed by atoms with van der Waals surface area (Å²) in [5, 5.41) is 14.8. The van der Waals surface area contributed by atoms with E-state index in [1.165, 1.54) is 6.92 Å². The fourth-order valence-corrected chi connectivity index (χ4v) is 2.84. The van der Waals surface area contributed by atoms with Crippen molar-refractivity contribution in [1.82, 2.24) is 5.32 Å². The molecular weight excluding hydrogens is 296 g/mol. The zero-order valence-corrected chi connectivity index (χ0v) is 13.4. The summed E-state index contributed by atoms with van der Waals surface area (Å²) in [7, 11) is 0. The van der Waals surface area contributed by atoms with Gasteiger partial charge in [0, 0.05) is 19.0 Å². The molecule has 23 heavy (non-hydrogen) atoms. The van der Waals surface area contributed by atoms with E-state index < -0.39 is 11.4 Å². The van der Waals surface area contributed by atoms with Crippen molar-refractivity contribution in [3.63, 3.8) is 0 Å². The van der Waals surface area contributed by atoms with Gasteiger partial charge in [0.1, 0.15) is 0 Å². The molecule has 0 bridgehead atoms. The van der Waals surface area contributed by atoms with Crippen molar-refractivity contribution < 1.29 is 19.5 Å². The molecule has 6 heteroatoms. The Kier molecular flexibility index (Phi) is 5.03. The van der Waals surface area contributed by atoms with Crippen LogP contribution in [0.15, 0.2) is 24.3 Å². The minimum atomic E-state index is -0.890. The van der Waals surface area contributed by atoms with Crippen LogP contribution in [0, 0.1) is 5.41 Å². The van der Waals surface area contributed by atoms with Gasteiger partial charge < -0.3 is 15.7 Å². The molecular formula is C17H22N2O4. The Morgan fingerprint density at radius 3 is 2.52 bits per heavy atom. The number of carboxylic acids is 1. The van der Waals surface area contributed by atoms with Gasteiger partial charge in [0.15, 0.2) is 0 Å². The maximum atomic E-state index is 12.2. The number of carbonyl (C=O) groups is 3. The first-order chi connectivity index (χ1) is 10.8. The predicted octanol–water partition coefficient (Wildman–Crippen LogP) is 2.47. The van der Waals surface area contributed by atoms with Crippen LogP contribution in [0.5, 0.6) is 0 Å². The van der Waals surface area contributed by atoms with Crippen molar-refractivity contribution in [2.24, 2.45) is 5.41 Å². The van der Waals surface area contributed by atoms with Gasteiger partial charge in [-0.2, -0.15) is 0 Å². The molecule has 1 aliphatic rings. The van der Waals surface area contributed by atoms with E-state index in [-0.39, 0.29) is 24.3 Å². The van der Waals surface area contributed by atoms with E-state index >= 15 is 0 Å². The van der Waals surface area contributed by atoms with E-state index in [1.54, 1.807) is 18.2 Å². The van der Waals surface area contributed by atoms with Gasteiger partial charge in [0.05, 0.1) is 11.5 Å². The monoisotopic (exact) mass is 318 g/mol. The van der Waals surface area contributed by atoms with Gasteiger partial charge in [-0.1, -0.05) is 18.6 Å². The highest BCUT2D eigenvalue weighted by molar-refractivity contribution is 5.89. The fraction of sp³-hybridized carbons (Fsp3) is 0.471. The Bertz CT molecular complexity index is 623. The van der Waals surface area contributed by atoms with Crippen LogP contribution in [0.1, 0.15) is 51.1 Å². The summed E-state index contributed by atoms with van der Waals surface area (Å²) in [6, 6.07) is 6.96. The number of nitrogens with one attached hydrogen (secondary N) is 2. The van der Waals surface area contributed by atoms with E-state index in [4.69, 9.17) is 0 Å². The summed E-state index contributed by atoms with van der Waals surface area (Å²) >= 11 is 0. The quantitative estimate of drug-likeness (QED) is 0.751. The molecule has 0 saturated heterocycles. The third-order valence-corrected chi connectivity index (χ3v) is 4.35. The van der Waals surface area contributed by atoms with Crippen LogP contribution in [0.2, 0.25) is 0 Å². The van der Waals surface area contributed by atoms with Crippen LogP contribution in [-0.4, -0.2) is 22.9 Å². The zero-order chi connectivity index (χ0) is 17.0. The molecule has 1 aliphatic carbocycles.